The smallest absolute Gasteiger partial charge is 0.407 e. The molecule has 1 amide bonds. The number of carbonyl (C=O) groups excluding carboxylic acids is 1. The lowest BCUT2D eigenvalue weighted by Gasteiger charge is -2.18. The molecule has 0 bridgehead atoms. The summed E-state index contributed by atoms with van der Waals surface area (Å²) in [5.41, 5.74) is 4.73. The van der Waals surface area contributed by atoms with Crippen LogP contribution in [0.2, 0.25) is 0 Å². The van der Waals surface area contributed by atoms with Gasteiger partial charge in [-0.3, -0.25) is 0 Å². The van der Waals surface area contributed by atoms with Crippen LogP contribution in [-0.4, -0.2) is 45.5 Å². The minimum Gasteiger partial charge on any atom is -0.449 e. The Bertz CT molecular complexity index is 1020. The van der Waals surface area contributed by atoms with Gasteiger partial charge in [0, 0.05) is 30.4 Å². The van der Waals surface area contributed by atoms with Gasteiger partial charge in [0.2, 0.25) is 0 Å². The molecule has 2 unspecified atom stereocenters. The summed E-state index contributed by atoms with van der Waals surface area (Å²) in [5.74, 6) is -0.0379. The monoisotopic (exact) mass is 423 g/mol. The molecule has 8 heteroatoms. The number of rotatable bonds is 7. The quantitative estimate of drug-likeness (QED) is 0.505. The van der Waals surface area contributed by atoms with Gasteiger partial charge >= 0.3 is 12.2 Å². The maximum Gasteiger partial charge on any atom is 0.407 e. The molecule has 0 radical (unpaired) electrons. The minimum absolute atomic E-state index is 0.0379. The maximum absolute atomic E-state index is 12.8. The number of alkyl carbamates (subject to hydrolysis) is 1. The van der Waals surface area contributed by atoms with E-state index in [2.05, 4.69) is 27.4 Å². The van der Waals surface area contributed by atoms with Crippen LogP contribution in [0.5, 0.6) is 0 Å². The summed E-state index contributed by atoms with van der Waals surface area (Å²) in [5, 5.41) is 22.7. The number of halogens is 1. The van der Waals surface area contributed by atoms with Gasteiger partial charge in [-0.25, -0.2) is 14.8 Å². The number of aliphatic hydroxyl groups is 2. The number of amides is 1. The van der Waals surface area contributed by atoms with Crippen molar-refractivity contribution in [3.05, 3.63) is 83.7 Å². The number of nitrogens with one attached hydrogen (secondary N) is 1. The summed E-state index contributed by atoms with van der Waals surface area (Å²) in [7, 11) is 0. The Morgan fingerprint density at radius 3 is 2.23 bits per heavy atom. The number of nitrogens with zero attached hydrogens (tertiary/aromatic N) is 2. The zero-order valence-electron chi connectivity index (χ0n) is 16.6. The number of hydrogen-bond donors (Lipinski definition) is 3. The van der Waals surface area contributed by atoms with Gasteiger partial charge in [-0.2, -0.15) is 4.39 Å². The van der Waals surface area contributed by atoms with Crippen molar-refractivity contribution in [1.29, 1.82) is 0 Å². The van der Waals surface area contributed by atoms with E-state index in [0.29, 0.717) is 0 Å². The summed E-state index contributed by atoms with van der Waals surface area (Å²) < 4.78 is 18.2. The van der Waals surface area contributed by atoms with Crippen LogP contribution >= 0.6 is 0 Å². The normalized spacial score (nSPS) is 14.4. The molecule has 160 valence electrons. The number of aliphatic hydroxyl groups excluding tert-OH is 2. The first-order valence-corrected chi connectivity index (χ1v) is 9.97. The number of fused-ring (bicyclic) bond motifs is 3. The highest BCUT2D eigenvalue weighted by atomic mass is 19.1. The molecule has 2 aromatic carbocycles. The van der Waals surface area contributed by atoms with Crippen LogP contribution < -0.4 is 5.32 Å². The van der Waals surface area contributed by atoms with Crippen molar-refractivity contribution in [2.75, 3.05) is 13.2 Å². The number of carbonyl (C=O) groups is 1. The van der Waals surface area contributed by atoms with E-state index < -0.39 is 24.4 Å². The van der Waals surface area contributed by atoms with Crippen LogP contribution in [-0.2, 0) is 4.74 Å². The first-order valence-electron chi connectivity index (χ1n) is 9.97. The van der Waals surface area contributed by atoms with Gasteiger partial charge in [-0.1, -0.05) is 48.5 Å². The Kier molecular flexibility index (Phi) is 6.20. The zero-order valence-corrected chi connectivity index (χ0v) is 16.6. The average molecular weight is 423 g/mol. The third-order valence-corrected chi connectivity index (χ3v) is 5.40. The van der Waals surface area contributed by atoms with Crippen LogP contribution in [0.1, 0.15) is 35.1 Å². The Hall–Kier alpha value is -3.36. The van der Waals surface area contributed by atoms with E-state index >= 15 is 0 Å². The number of benzene rings is 2. The second-order valence-electron chi connectivity index (χ2n) is 7.34. The lowest BCUT2D eigenvalue weighted by atomic mass is 9.98. The predicted molar refractivity (Wildman–Crippen MR) is 111 cm³/mol. The molecule has 3 N–H and O–H groups in total. The fraction of sp³-hybridized carbons (Fsp3) is 0.261. The highest BCUT2D eigenvalue weighted by Gasteiger charge is 2.29. The third kappa shape index (κ3) is 4.55. The molecule has 0 spiro atoms. The molecular weight excluding hydrogens is 401 g/mol. The van der Waals surface area contributed by atoms with E-state index in [0.717, 1.165) is 34.6 Å². The van der Waals surface area contributed by atoms with E-state index in [-0.39, 0.29) is 31.1 Å². The van der Waals surface area contributed by atoms with Gasteiger partial charge in [0.05, 0.1) is 6.10 Å². The molecule has 0 aliphatic heterocycles. The molecule has 1 aliphatic rings. The highest BCUT2D eigenvalue weighted by Crippen LogP contribution is 2.44. The van der Waals surface area contributed by atoms with Crippen molar-refractivity contribution in [1.82, 2.24) is 15.3 Å². The first kappa shape index (κ1) is 20.9. The van der Waals surface area contributed by atoms with Gasteiger partial charge in [0.1, 0.15) is 12.7 Å². The molecule has 1 aliphatic carbocycles. The minimum atomic E-state index is -1.29. The van der Waals surface area contributed by atoms with Crippen molar-refractivity contribution in [3.63, 3.8) is 0 Å². The molecule has 1 aromatic heterocycles. The van der Waals surface area contributed by atoms with Gasteiger partial charge in [-0.15, -0.1) is 0 Å². The van der Waals surface area contributed by atoms with Crippen LogP contribution in [0.15, 0.2) is 60.9 Å². The number of ether oxygens (including phenoxy) is 1. The predicted octanol–water partition coefficient (Wildman–Crippen LogP) is 2.94. The Morgan fingerprint density at radius 1 is 1.03 bits per heavy atom. The van der Waals surface area contributed by atoms with Crippen LogP contribution in [0.4, 0.5) is 9.18 Å². The fourth-order valence-corrected chi connectivity index (χ4v) is 3.83. The zero-order chi connectivity index (χ0) is 21.8. The second-order valence-corrected chi connectivity index (χ2v) is 7.34. The topological polar surface area (TPSA) is 105 Å². The largest absolute Gasteiger partial charge is 0.449 e. The molecule has 7 nitrogen and oxygen atoms in total. The summed E-state index contributed by atoms with van der Waals surface area (Å²) in [6.07, 6.45) is -1.70. The lowest BCUT2D eigenvalue weighted by Crippen LogP contribution is -2.30. The Morgan fingerprint density at radius 2 is 1.61 bits per heavy atom. The molecule has 0 saturated heterocycles. The molecular formula is C23H22FN3O4. The number of hydrogen-bond acceptors (Lipinski definition) is 6. The summed E-state index contributed by atoms with van der Waals surface area (Å²) in [6.45, 7) is 0.287. The van der Waals surface area contributed by atoms with Crippen LogP contribution in [0, 0.1) is 6.08 Å². The maximum atomic E-state index is 12.8. The average Bonchev–Trinajstić information content (AvgIpc) is 3.11. The first-order chi connectivity index (χ1) is 15.0. The van der Waals surface area contributed by atoms with Gasteiger partial charge in [-0.05, 0) is 28.7 Å². The van der Waals surface area contributed by atoms with Crippen LogP contribution in [0.25, 0.3) is 11.1 Å². The van der Waals surface area contributed by atoms with Gasteiger partial charge in [0.15, 0.2) is 0 Å². The van der Waals surface area contributed by atoms with Gasteiger partial charge < -0.3 is 20.3 Å². The fourth-order valence-electron chi connectivity index (χ4n) is 3.83. The van der Waals surface area contributed by atoms with Crippen molar-refractivity contribution >= 4 is 6.09 Å². The molecule has 1 heterocycles. The summed E-state index contributed by atoms with van der Waals surface area (Å²) >= 11 is 0. The SMILES string of the molecule is O=C(NCCC(O)C(O)c1cnc(F)nc1)OCC1c2ccccc2-c2ccccc21. The van der Waals surface area contributed by atoms with E-state index in [1.807, 2.05) is 36.4 Å². The Labute approximate surface area is 178 Å². The molecule has 31 heavy (non-hydrogen) atoms. The van der Waals surface area contributed by atoms with E-state index in [4.69, 9.17) is 4.74 Å². The van der Waals surface area contributed by atoms with Crippen LogP contribution in [0.3, 0.4) is 0 Å². The molecule has 4 rings (SSSR count). The van der Waals surface area contributed by atoms with Gasteiger partial charge in [0.25, 0.3) is 0 Å². The van der Waals surface area contributed by atoms with E-state index in [1.54, 1.807) is 0 Å². The summed E-state index contributed by atoms with van der Waals surface area (Å²) in [6, 6.07) is 16.1. The molecule has 0 saturated carbocycles. The van der Waals surface area contributed by atoms with Crippen molar-refractivity contribution in [3.8, 4) is 11.1 Å². The standard InChI is InChI=1S/C23H22FN3O4/c24-22-26-11-14(12-27-22)21(29)20(28)9-10-25-23(30)31-13-19-17-7-3-1-5-15(17)16-6-2-4-8-18(16)19/h1-8,11-12,19-21,28-29H,9-10,13H2,(H,25,30). The second kappa shape index (κ2) is 9.20. The van der Waals surface area contributed by atoms with Crippen molar-refractivity contribution < 1.29 is 24.1 Å². The summed E-state index contributed by atoms with van der Waals surface area (Å²) in [4.78, 5) is 18.8. The lowest BCUT2D eigenvalue weighted by molar-refractivity contribution is 0.0131. The van der Waals surface area contributed by atoms with E-state index in [1.165, 1.54) is 0 Å². The highest BCUT2D eigenvalue weighted by molar-refractivity contribution is 5.79. The van der Waals surface area contributed by atoms with Crippen molar-refractivity contribution in [2.24, 2.45) is 0 Å². The van der Waals surface area contributed by atoms with Crippen molar-refractivity contribution in [2.45, 2.75) is 24.5 Å². The Balaban J connectivity index is 1.28. The van der Waals surface area contributed by atoms with E-state index in [9.17, 15) is 19.4 Å². The third-order valence-electron chi connectivity index (χ3n) is 5.40. The molecule has 2 atom stereocenters. The molecule has 0 fully saturated rings. The molecule has 3 aromatic rings. The number of aromatic nitrogens is 2.